The average molecular weight is 488 g/mol. The third-order valence-corrected chi connectivity index (χ3v) is 7.80. The molecule has 1 aromatic heterocycles. The van der Waals surface area contributed by atoms with Gasteiger partial charge in [0, 0.05) is 67.1 Å². The number of aromatic nitrogens is 2. The summed E-state index contributed by atoms with van der Waals surface area (Å²) in [5.74, 6) is 2.39. The van der Waals surface area contributed by atoms with Crippen LogP contribution in [0.25, 0.3) is 5.57 Å². The van der Waals surface area contributed by atoms with Crippen molar-refractivity contribution < 1.29 is 13.3 Å². The summed E-state index contributed by atoms with van der Waals surface area (Å²) in [6, 6.07) is 5.25. The molecule has 2 saturated heterocycles. The molecule has 0 amide bonds. The molecule has 2 fully saturated rings. The normalized spacial score (nSPS) is 18.4. The minimum atomic E-state index is -0.732. The quantitative estimate of drug-likeness (QED) is 0.463. The van der Waals surface area contributed by atoms with E-state index in [1.807, 2.05) is 30.9 Å². The first kappa shape index (κ1) is 24.8. The number of allylic oxidation sites excluding steroid dienone is 1. The molecule has 184 valence electrons. The number of amidine groups is 1. The van der Waals surface area contributed by atoms with E-state index in [1.165, 1.54) is 6.07 Å². The van der Waals surface area contributed by atoms with Crippen molar-refractivity contribution in [1.29, 1.82) is 5.41 Å². The van der Waals surface area contributed by atoms with Gasteiger partial charge < -0.3 is 14.6 Å². The van der Waals surface area contributed by atoms with E-state index in [0.29, 0.717) is 63.0 Å². The van der Waals surface area contributed by atoms with E-state index in [-0.39, 0.29) is 5.82 Å². The Morgan fingerprint density at radius 1 is 1.26 bits per heavy atom. The number of hydrogen-bond acceptors (Lipinski definition) is 5. The third-order valence-electron chi connectivity index (χ3n) is 6.52. The lowest BCUT2D eigenvalue weighted by atomic mass is 9.99. The van der Waals surface area contributed by atoms with Crippen LogP contribution in [-0.4, -0.2) is 80.7 Å². The van der Waals surface area contributed by atoms with Crippen molar-refractivity contribution in [1.82, 2.24) is 19.8 Å². The monoisotopic (exact) mass is 487 g/mol. The first-order valence-electron chi connectivity index (χ1n) is 12.0. The predicted octanol–water partition coefficient (Wildman–Crippen LogP) is 2.98. The van der Waals surface area contributed by atoms with Crippen LogP contribution in [0.4, 0.5) is 4.39 Å². The highest BCUT2D eigenvalue weighted by molar-refractivity contribution is 7.85. The smallest absolute Gasteiger partial charge is 0.133 e. The van der Waals surface area contributed by atoms with E-state index in [9.17, 15) is 8.60 Å². The van der Waals surface area contributed by atoms with Gasteiger partial charge in [-0.25, -0.2) is 9.37 Å². The summed E-state index contributed by atoms with van der Waals surface area (Å²) in [4.78, 5) is 12.7. The maximum absolute atomic E-state index is 14.4. The Bertz CT molecular complexity index is 1070. The Labute approximate surface area is 203 Å². The Morgan fingerprint density at radius 2 is 2.00 bits per heavy atom. The fourth-order valence-electron chi connectivity index (χ4n) is 4.48. The van der Waals surface area contributed by atoms with Gasteiger partial charge in [0.2, 0.25) is 0 Å². The van der Waals surface area contributed by atoms with Crippen molar-refractivity contribution in [3.63, 3.8) is 0 Å². The number of aromatic amines is 1. The average Bonchev–Trinajstić information content (AvgIpc) is 3.23. The van der Waals surface area contributed by atoms with Crippen LogP contribution in [-0.2, 0) is 34.9 Å². The zero-order chi connectivity index (χ0) is 24.1. The summed E-state index contributed by atoms with van der Waals surface area (Å²) in [7, 11) is -0.732. The molecule has 2 aliphatic rings. The van der Waals surface area contributed by atoms with Crippen LogP contribution >= 0.6 is 0 Å². The summed E-state index contributed by atoms with van der Waals surface area (Å²) < 4.78 is 31.6. The second-order valence-electron chi connectivity index (χ2n) is 8.85. The fraction of sp³-hybridized carbons (Fsp3) is 0.520. The van der Waals surface area contributed by atoms with E-state index in [2.05, 4.69) is 9.88 Å². The van der Waals surface area contributed by atoms with E-state index >= 15 is 0 Å². The minimum Gasteiger partial charge on any atom is -0.378 e. The highest BCUT2D eigenvalue weighted by atomic mass is 32.2. The van der Waals surface area contributed by atoms with Gasteiger partial charge in [-0.3, -0.25) is 14.5 Å². The zero-order valence-corrected chi connectivity index (χ0v) is 20.8. The first-order chi connectivity index (χ1) is 16.4. The Hall–Kier alpha value is -2.36. The molecular weight excluding hydrogens is 453 g/mol. The maximum atomic E-state index is 14.4. The van der Waals surface area contributed by atoms with E-state index in [1.54, 1.807) is 6.07 Å². The molecule has 3 heterocycles. The molecule has 0 bridgehead atoms. The molecule has 0 aliphatic carbocycles. The van der Waals surface area contributed by atoms with Crippen molar-refractivity contribution in [2.45, 2.75) is 33.2 Å². The number of rotatable bonds is 7. The SMILES string of the molecule is CCc1c(F)cccc1Cc1[nH]c(/C(C)=C\C(=N)N2CCOCC2)nc1CN1CCS(=O)CC1. The molecule has 2 aliphatic heterocycles. The molecule has 0 radical (unpaired) electrons. The van der Waals surface area contributed by atoms with Crippen LogP contribution < -0.4 is 0 Å². The molecule has 4 rings (SSSR count). The number of morpholine rings is 1. The lowest BCUT2D eigenvalue weighted by molar-refractivity contribution is 0.0681. The molecule has 7 nitrogen and oxygen atoms in total. The van der Waals surface area contributed by atoms with Crippen LogP contribution in [0.1, 0.15) is 42.2 Å². The van der Waals surface area contributed by atoms with Crippen molar-refractivity contribution >= 4 is 22.2 Å². The number of H-pyrrole nitrogens is 1. The third kappa shape index (κ3) is 6.00. The molecule has 9 heteroatoms. The molecule has 34 heavy (non-hydrogen) atoms. The van der Waals surface area contributed by atoms with Crippen molar-refractivity contribution in [2.24, 2.45) is 0 Å². The summed E-state index contributed by atoms with van der Waals surface area (Å²) in [5, 5.41) is 8.48. The topological polar surface area (TPSA) is 85.3 Å². The van der Waals surface area contributed by atoms with Crippen LogP contribution in [0.3, 0.4) is 0 Å². The number of nitrogens with one attached hydrogen (secondary N) is 2. The first-order valence-corrected chi connectivity index (χ1v) is 13.4. The second-order valence-corrected chi connectivity index (χ2v) is 10.6. The lowest BCUT2D eigenvalue weighted by Gasteiger charge is -2.27. The highest BCUT2D eigenvalue weighted by Gasteiger charge is 2.21. The van der Waals surface area contributed by atoms with Gasteiger partial charge in [-0.1, -0.05) is 19.1 Å². The molecule has 1 aromatic carbocycles. The molecule has 0 spiro atoms. The largest absolute Gasteiger partial charge is 0.378 e. The predicted molar refractivity (Wildman–Crippen MR) is 134 cm³/mol. The van der Waals surface area contributed by atoms with Gasteiger partial charge >= 0.3 is 0 Å². The fourth-order valence-corrected chi connectivity index (χ4v) is 5.61. The van der Waals surface area contributed by atoms with Gasteiger partial charge in [0.25, 0.3) is 0 Å². The molecule has 0 saturated carbocycles. The van der Waals surface area contributed by atoms with Gasteiger partial charge in [0.15, 0.2) is 0 Å². The van der Waals surface area contributed by atoms with Crippen LogP contribution in [0.15, 0.2) is 24.3 Å². The van der Waals surface area contributed by atoms with E-state index < -0.39 is 10.8 Å². The Balaban J connectivity index is 1.60. The minimum absolute atomic E-state index is 0.171. The Kier molecular flexibility index (Phi) is 8.28. The van der Waals surface area contributed by atoms with Crippen LogP contribution in [0.2, 0.25) is 0 Å². The van der Waals surface area contributed by atoms with Crippen molar-refractivity contribution in [3.8, 4) is 0 Å². The highest BCUT2D eigenvalue weighted by Crippen LogP contribution is 2.23. The van der Waals surface area contributed by atoms with Gasteiger partial charge in [0.1, 0.15) is 17.5 Å². The van der Waals surface area contributed by atoms with E-state index in [0.717, 1.165) is 47.0 Å². The summed E-state index contributed by atoms with van der Waals surface area (Å²) >= 11 is 0. The van der Waals surface area contributed by atoms with Crippen molar-refractivity contribution in [2.75, 3.05) is 50.9 Å². The molecule has 2 N–H and O–H groups in total. The number of ether oxygens (including phenoxy) is 1. The number of halogens is 1. The molecule has 0 unspecified atom stereocenters. The maximum Gasteiger partial charge on any atom is 0.133 e. The van der Waals surface area contributed by atoms with Gasteiger partial charge in [-0.05, 0) is 42.2 Å². The number of hydrogen-bond donors (Lipinski definition) is 2. The van der Waals surface area contributed by atoms with Crippen LogP contribution in [0, 0.1) is 11.2 Å². The number of benzene rings is 1. The van der Waals surface area contributed by atoms with Gasteiger partial charge in [-0.2, -0.15) is 0 Å². The summed E-state index contributed by atoms with van der Waals surface area (Å²) in [6.45, 7) is 8.87. The zero-order valence-electron chi connectivity index (χ0n) is 20.0. The second kappa shape index (κ2) is 11.4. The lowest BCUT2D eigenvalue weighted by Crippen LogP contribution is -2.39. The number of nitrogens with zero attached hydrogens (tertiary/aromatic N) is 3. The summed E-state index contributed by atoms with van der Waals surface area (Å²) in [6.07, 6.45) is 3.05. The van der Waals surface area contributed by atoms with Crippen LogP contribution in [0.5, 0.6) is 0 Å². The van der Waals surface area contributed by atoms with Gasteiger partial charge in [-0.15, -0.1) is 0 Å². The molecule has 2 aromatic rings. The summed E-state index contributed by atoms with van der Waals surface area (Å²) in [5.41, 5.74) is 4.48. The Morgan fingerprint density at radius 3 is 2.71 bits per heavy atom. The number of imidazole rings is 1. The molecule has 0 atom stereocenters. The van der Waals surface area contributed by atoms with Crippen molar-refractivity contribution in [3.05, 3.63) is 58.4 Å². The standard InChI is InChI=1S/C25H34FN5O2S/c1-3-20-19(5-4-6-21(20)26)16-22-23(17-30-9-13-34(32)14-10-30)29-25(28-22)18(2)15-24(27)31-7-11-33-12-8-31/h4-6,15,27H,3,7-14,16-17H2,1-2H3,(H,28,29)/b18-15-,27-24?. The van der Waals surface area contributed by atoms with Gasteiger partial charge in [0.05, 0.1) is 18.9 Å². The van der Waals surface area contributed by atoms with E-state index in [4.69, 9.17) is 15.1 Å². The molecular formula is C25H34FN5O2S.